The molecule has 29 heavy (non-hydrogen) atoms. The third-order valence-electron chi connectivity index (χ3n) is 4.54. The van der Waals surface area contributed by atoms with Gasteiger partial charge in [0.1, 0.15) is 11.5 Å². The average Bonchev–Trinajstić information content (AvgIpc) is 3.31. The zero-order chi connectivity index (χ0) is 20.5. The molecule has 0 unspecified atom stereocenters. The summed E-state index contributed by atoms with van der Waals surface area (Å²) < 4.78 is 10.4. The number of carbonyl (C=O) groups excluding carboxylic acids is 3. The third kappa shape index (κ3) is 3.48. The van der Waals surface area contributed by atoms with Crippen LogP contribution in [0.25, 0.3) is 0 Å². The summed E-state index contributed by atoms with van der Waals surface area (Å²) in [7, 11) is 1.48. The van der Waals surface area contributed by atoms with Crippen LogP contribution in [0.3, 0.4) is 0 Å². The van der Waals surface area contributed by atoms with Crippen LogP contribution in [0.15, 0.2) is 59.2 Å². The summed E-state index contributed by atoms with van der Waals surface area (Å²) >= 11 is 5.99. The first-order valence-corrected chi connectivity index (χ1v) is 9.03. The van der Waals surface area contributed by atoms with E-state index >= 15 is 0 Å². The van der Waals surface area contributed by atoms with Crippen LogP contribution in [0.5, 0.6) is 5.75 Å². The van der Waals surface area contributed by atoms with Crippen molar-refractivity contribution in [3.8, 4) is 5.75 Å². The van der Waals surface area contributed by atoms with E-state index in [0.717, 1.165) is 4.90 Å². The number of hydrogen-bond acceptors (Lipinski definition) is 5. The van der Waals surface area contributed by atoms with Gasteiger partial charge in [-0.25, -0.2) is 0 Å². The van der Waals surface area contributed by atoms with Gasteiger partial charge in [-0.3, -0.25) is 19.3 Å². The zero-order valence-corrected chi connectivity index (χ0v) is 16.0. The smallest absolute Gasteiger partial charge is 0.261 e. The van der Waals surface area contributed by atoms with Crippen molar-refractivity contribution >= 4 is 35.0 Å². The van der Waals surface area contributed by atoms with Crippen LogP contribution < -0.4 is 10.1 Å². The number of furan rings is 1. The molecule has 4 rings (SSSR count). The number of nitrogens with one attached hydrogen (secondary N) is 1. The lowest BCUT2D eigenvalue weighted by Crippen LogP contribution is -2.28. The summed E-state index contributed by atoms with van der Waals surface area (Å²) in [6, 6.07) is 12.6. The van der Waals surface area contributed by atoms with Crippen LogP contribution in [-0.2, 0) is 6.54 Å². The molecule has 3 amide bonds. The maximum atomic E-state index is 12.7. The van der Waals surface area contributed by atoms with E-state index in [9.17, 15) is 14.4 Å². The molecular weight excluding hydrogens is 396 g/mol. The molecule has 0 atom stereocenters. The molecule has 1 N–H and O–H groups in total. The molecule has 0 saturated heterocycles. The molecule has 2 heterocycles. The number of nitrogens with zero attached hydrogens (tertiary/aromatic N) is 1. The van der Waals surface area contributed by atoms with E-state index in [2.05, 4.69) is 5.32 Å². The number of imide groups is 1. The SMILES string of the molecule is COc1ccc(Cl)cc1NC(=O)c1ccc2c(c1)C(=O)N(Cc1ccco1)C2=O. The summed E-state index contributed by atoms with van der Waals surface area (Å²) in [5.41, 5.74) is 1.05. The Bertz CT molecular complexity index is 1120. The largest absolute Gasteiger partial charge is 0.495 e. The highest BCUT2D eigenvalue weighted by atomic mass is 35.5. The topological polar surface area (TPSA) is 88.8 Å². The number of carbonyl (C=O) groups is 3. The molecule has 0 bridgehead atoms. The fraction of sp³-hybridized carbons (Fsp3) is 0.0952. The minimum atomic E-state index is -0.476. The van der Waals surface area contributed by atoms with Crippen molar-refractivity contribution in [2.75, 3.05) is 12.4 Å². The van der Waals surface area contributed by atoms with E-state index in [1.165, 1.54) is 31.6 Å². The van der Waals surface area contributed by atoms with Crippen molar-refractivity contribution in [1.29, 1.82) is 0 Å². The normalized spacial score (nSPS) is 12.8. The summed E-state index contributed by atoms with van der Waals surface area (Å²) in [4.78, 5) is 39.0. The second-order valence-electron chi connectivity index (χ2n) is 6.33. The molecule has 146 valence electrons. The van der Waals surface area contributed by atoms with Crippen molar-refractivity contribution in [2.24, 2.45) is 0 Å². The van der Waals surface area contributed by atoms with Gasteiger partial charge in [0.2, 0.25) is 0 Å². The first kappa shape index (κ1) is 18.8. The van der Waals surface area contributed by atoms with E-state index in [-0.39, 0.29) is 23.2 Å². The fourth-order valence-electron chi connectivity index (χ4n) is 3.11. The summed E-state index contributed by atoms with van der Waals surface area (Å²) in [5.74, 6) is -0.426. The highest BCUT2D eigenvalue weighted by Crippen LogP contribution is 2.29. The van der Waals surface area contributed by atoms with Crippen molar-refractivity contribution < 1.29 is 23.5 Å². The van der Waals surface area contributed by atoms with E-state index in [1.807, 2.05) is 0 Å². The number of methoxy groups -OCH3 is 1. The fourth-order valence-corrected chi connectivity index (χ4v) is 3.28. The van der Waals surface area contributed by atoms with Crippen molar-refractivity contribution in [3.63, 3.8) is 0 Å². The average molecular weight is 411 g/mol. The molecule has 7 nitrogen and oxygen atoms in total. The van der Waals surface area contributed by atoms with Crippen LogP contribution in [0.4, 0.5) is 5.69 Å². The molecule has 1 aliphatic heterocycles. The van der Waals surface area contributed by atoms with E-state index < -0.39 is 17.7 Å². The van der Waals surface area contributed by atoms with E-state index in [4.69, 9.17) is 20.8 Å². The van der Waals surface area contributed by atoms with Crippen molar-refractivity contribution in [3.05, 3.63) is 82.3 Å². The number of halogens is 1. The van der Waals surface area contributed by atoms with Gasteiger partial charge >= 0.3 is 0 Å². The Morgan fingerprint density at radius 3 is 2.62 bits per heavy atom. The second-order valence-corrected chi connectivity index (χ2v) is 6.77. The monoisotopic (exact) mass is 410 g/mol. The second kappa shape index (κ2) is 7.44. The Hall–Kier alpha value is -3.58. The van der Waals surface area contributed by atoms with Crippen LogP contribution >= 0.6 is 11.6 Å². The predicted octanol–water partition coefficient (Wildman–Crippen LogP) is 3.99. The summed E-state index contributed by atoms with van der Waals surface area (Å²) in [5, 5.41) is 3.14. The van der Waals surface area contributed by atoms with Gasteiger partial charge in [0.05, 0.1) is 36.7 Å². The number of rotatable bonds is 5. The maximum Gasteiger partial charge on any atom is 0.261 e. The van der Waals surface area contributed by atoms with Crippen LogP contribution in [0.1, 0.15) is 36.8 Å². The lowest BCUT2D eigenvalue weighted by molar-refractivity contribution is 0.0631. The van der Waals surface area contributed by atoms with Gasteiger partial charge in [-0.05, 0) is 48.5 Å². The lowest BCUT2D eigenvalue weighted by atomic mass is 10.1. The number of fused-ring (bicyclic) bond motifs is 1. The molecule has 0 radical (unpaired) electrons. The molecule has 3 aromatic rings. The van der Waals surface area contributed by atoms with Crippen molar-refractivity contribution in [2.45, 2.75) is 6.54 Å². The Labute approximate surface area is 170 Å². The minimum Gasteiger partial charge on any atom is -0.495 e. The number of amides is 3. The summed E-state index contributed by atoms with van der Waals surface area (Å²) in [6.45, 7) is 0.0284. The molecular formula is C21H15ClN2O5. The first-order chi connectivity index (χ1) is 14.0. The van der Waals surface area contributed by atoms with Gasteiger partial charge in [0.25, 0.3) is 17.7 Å². The molecule has 1 aliphatic rings. The van der Waals surface area contributed by atoms with Crippen LogP contribution in [0.2, 0.25) is 5.02 Å². The lowest BCUT2D eigenvalue weighted by Gasteiger charge is -2.11. The van der Waals surface area contributed by atoms with E-state index in [1.54, 1.807) is 30.3 Å². The molecule has 0 saturated carbocycles. The Kier molecular flexibility index (Phi) is 4.82. The van der Waals surface area contributed by atoms with Gasteiger partial charge in [0.15, 0.2) is 0 Å². The third-order valence-corrected chi connectivity index (χ3v) is 4.77. The quantitative estimate of drug-likeness (QED) is 0.642. The number of benzene rings is 2. The number of ether oxygens (including phenoxy) is 1. The first-order valence-electron chi connectivity index (χ1n) is 8.65. The zero-order valence-electron chi connectivity index (χ0n) is 15.3. The molecule has 0 fully saturated rings. The Morgan fingerprint density at radius 2 is 1.90 bits per heavy atom. The Morgan fingerprint density at radius 1 is 1.10 bits per heavy atom. The molecule has 1 aromatic heterocycles. The van der Waals surface area contributed by atoms with Crippen molar-refractivity contribution in [1.82, 2.24) is 4.90 Å². The van der Waals surface area contributed by atoms with Crippen LogP contribution in [0, 0.1) is 0 Å². The highest BCUT2D eigenvalue weighted by molar-refractivity contribution is 6.31. The molecule has 0 spiro atoms. The highest BCUT2D eigenvalue weighted by Gasteiger charge is 2.36. The van der Waals surface area contributed by atoms with E-state index in [0.29, 0.717) is 22.2 Å². The van der Waals surface area contributed by atoms with Gasteiger partial charge < -0.3 is 14.5 Å². The van der Waals surface area contributed by atoms with Gasteiger partial charge in [0, 0.05) is 10.6 Å². The maximum absolute atomic E-state index is 12.7. The number of anilines is 1. The van der Waals surface area contributed by atoms with Crippen LogP contribution in [-0.4, -0.2) is 29.7 Å². The van der Waals surface area contributed by atoms with Gasteiger partial charge in [-0.1, -0.05) is 11.6 Å². The molecule has 8 heteroatoms. The Balaban J connectivity index is 1.59. The summed E-state index contributed by atoms with van der Waals surface area (Å²) in [6.07, 6.45) is 1.47. The number of hydrogen-bond donors (Lipinski definition) is 1. The molecule has 0 aliphatic carbocycles. The predicted molar refractivity (Wildman–Crippen MR) is 105 cm³/mol. The van der Waals surface area contributed by atoms with Gasteiger partial charge in [-0.2, -0.15) is 0 Å². The van der Waals surface area contributed by atoms with Gasteiger partial charge in [-0.15, -0.1) is 0 Å². The standard InChI is InChI=1S/C21H15ClN2O5/c1-28-18-7-5-13(22)10-17(18)23-19(25)12-4-6-15-16(9-12)21(27)24(20(15)26)11-14-3-2-8-29-14/h2-10H,11H2,1H3,(H,23,25). The molecule has 2 aromatic carbocycles. The minimum absolute atomic E-state index is 0.0284.